The molecule has 2 aromatic heterocycles. The van der Waals surface area contributed by atoms with Crippen LogP contribution in [0.2, 0.25) is 0 Å². The largest absolute Gasteiger partial charge is 0.340 e. The summed E-state index contributed by atoms with van der Waals surface area (Å²) in [7, 11) is 0. The second-order valence-corrected chi connectivity index (χ2v) is 2.63. The fourth-order valence-electron chi connectivity index (χ4n) is 1.06. The summed E-state index contributed by atoms with van der Waals surface area (Å²) in [4.78, 5) is 19.1. The molecule has 0 radical (unpaired) electrons. The van der Waals surface area contributed by atoms with Gasteiger partial charge in [0.05, 0.1) is 6.33 Å². The molecule has 5 nitrogen and oxygen atoms in total. The van der Waals surface area contributed by atoms with Crippen molar-refractivity contribution in [1.29, 1.82) is 0 Å². The normalized spacial score (nSPS) is 11.1. The van der Waals surface area contributed by atoms with Gasteiger partial charge in [0.2, 0.25) is 0 Å². The highest BCUT2D eigenvalue weighted by molar-refractivity contribution is 5.82. The highest BCUT2D eigenvalue weighted by atomic mass is 15.0. The maximum Gasteiger partial charge on any atom is 0.182 e. The fourth-order valence-corrected chi connectivity index (χ4v) is 1.06. The number of nitrogens with zero attached hydrogens (tertiary/aromatic N) is 4. The lowest BCUT2D eigenvalue weighted by atomic mass is 10.4. The molecule has 0 bridgehead atoms. The third kappa shape index (κ3) is 1.52. The van der Waals surface area contributed by atoms with E-state index in [0.29, 0.717) is 11.5 Å². The summed E-state index contributed by atoms with van der Waals surface area (Å²) < 4.78 is 0. The number of hydrogen-bond donors (Lipinski definition) is 1. The summed E-state index contributed by atoms with van der Waals surface area (Å²) in [5, 5.41) is 0. The zero-order chi connectivity index (χ0) is 9.80. The van der Waals surface area contributed by atoms with Crippen LogP contribution in [0, 0.1) is 0 Å². The van der Waals surface area contributed by atoms with E-state index in [1.165, 1.54) is 6.33 Å². The molecule has 0 spiro atoms. The van der Waals surface area contributed by atoms with Crippen molar-refractivity contribution < 1.29 is 0 Å². The van der Waals surface area contributed by atoms with Crippen LogP contribution in [-0.2, 0) is 0 Å². The zero-order valence-electron chi connectivity index (χ0n) is 7.51. The summed E-state index contributed by atoms with van der Waals surface area (Å²) >= 11 is 0. The van der Waals surface area contributed by atoms with Gasteiger partial charge >= 0.3 is 0 Å². The molecule has 0 fully saturated rings. The molecule has 0 unspecified atom stereocenters. The van der Waals surface area contributed by atoms with E-state index in [1.807, 2.05) is 0 Å². The van der Waals surface area contributed by atoms with Gasteiger partial charge in [0.1, 0.15) is 11.8 Å². The van der Waals surface area contributed by atoms with Gasteiger partial charge in [-0.05, 0) is 0 Å². The van der Waals surface area contributed by atoms with Crippen LogP contribution in [-0.4, -0.2) is 26.2 Å². The summed E-state index contributed by atoms with van der Waals surface area (Å²) in [6, 6.07) is 0. The van der Waals surface area contributed by atoms with Gasteiger partial charge < -0.3 is 4.98 Å². The van der Waals surface area contributed by atoms with Crippen LogP contribution in [0.5, 0.6) is 0 Å². The number of imidazole rings is 1. The van der Waals surface area contributed by atoms with Crippen molar-refractivity contribution in [3.63, 3.8) is 0 Å². The van der Waals surface area contributed by atoms with E-state index < -0.39 is 0 Å². The van der Waals surface area contributed by atoms with Gasteiger partial charge in [0, 0.05) is 12.6 Å². The fraction of sp³-hybridized carbons (Fsp3) is 0.111. The minimum absolute atomic E-state index is 0.606. The van der Waals surface area contributed by atoms with Crippen molar-refractivity contribution in [2.45, 2.75) is 6.42 Å². The number of rotatable bonds is 3. The minimum Gasteiger partial charge on any atom is -0.340 e. The lowest BCUT2D eigenvalue weighted by Gasteiger charge is -1.92. The molecule has 2 aromatic rings. The van der Waals surface area contributed by atoms with Crippen molar-refractivity contribution in [2.75, 3.05) is 0 Å². The highest BCUT2D eigenvalue weighted by Gasteiger charge is 2.02. The first kappa shape index (κ1) is 8.55. The highest BCUT2D eigenvalue weighted by Crippen LogP contribution is 2.16. The van der Waals surface area contributed by atoms with Crippen molar-refractivity contribution in [3.8, 4) is 0 Å². The van der Waals surface area contributed by atoms with Crippen LogP contribution in [0.4, 0.5) is 5.82 Å². The molecular weight excluding hydrogens is 178 g/mol. The molecule has 1 N–H and O–H groups in total. The van der Waals surface area contributed by atoms with E-state index in [4.69, 9.17) is 0 Å². The molecule has 0 aliphatic carbocycles. The molecule has 5 heteroatoms. The topological polar surface area (TPSA) is 66.8 Å². The number of aromatic amines is 1. The van der Waals surface area contributed by atoms with E-state index in [9.17, 15) is 0 Å². The molecule has 2 heterocycles. The molecule has 0 saturated carbocycles. The molecule has 0 aromatic carbocycles. The first-order valence-electron chi connectivity index (χ1n) is 4.19. The first-order chi connectivity index (χ1) is 6.92. The van der Waals surface area contributed by atoms with Crippen LogP contribution in [0.3, 0.4) is 0 Å². The Morgan fingerprint density at radius 2 is 2.36 bits per heavy atom. The van der Waals surface area contributed by atoms with Crippen LogP contribution in [0.1, 0.15) is 6.42 Å². The zero-order valence-corrected chi connectivity index (χ0v) is 7.51. The Kier molecular flexibility index (Phi) is 2.31. The quantitative estimate of drug-likeness (QED) is 0.586. The van der Waals surface area contributed by atoms with Crippen LogP contribution in [0.15, 0.2) is 30.3 Å². The Morgan fingerprint density at radius 1 is 1.43 bits per heavy atom. The van der Waals surface area contributed by atoms with Crippen molar-refractivity contribution in [1.82, 2.24) is 19.9 Å². The second kappa shape index (κ2) is 3.78. The SMILES string of the molecule is C=CCC=Nc1ncnc2nc[nH]c12. The number of hydrogen-bond acceptors (Lipinski definition) is 4. The predicted octanol–water partition coefficient (Wildman–Crippen LogP) is 1.63. The van der Waals surface area contributed by atoms with Crippen molar-refractivity contribution >= 4 is 23.2 Å². The molecule has 0 aliphatic rings. The average Bonchev–Trinajstić information content (AvgIpc) is 2.67. The number of aliphatic imine (C=N–C) groups is 1. The summed E-state index contributed by atoms with van der Waals surface area (Å²) in [5.41, 5.74) is 1.39. The van der Waals surface area contributed by atoms with Crippen LogP contribution >= 0.6 is 0 Å². The monoisotopic (exact) mass is 187 g/mol. The van der Waals surface area contributed by atoms with Gasteiger partial charge in [-0.15, -0.1) is 6.58 Å². The Balaban J connectivity index is 2.41. The van der Waals surface area contributed by atoms with Gasteiger partial charge in [-0.2, -0.15) is 0 Å². The average molecular weight is 187 g/mol. The molecule has 0 amide bonds. The number of allylic oxidation sites excluding steroid dienone is 1. The maximum atomic E-state index is 4.18. The van der Waals surface area contributed by atoms with Gasteiger partial charge in [-0.25, -0.2) is 19.9 Å². The third-order valence-electron chi connectivity index (χ3n) is 1.69. The van der Waals surface area contributed by atoms with E-state index in [2.05, 4.69) is 31.5 Å². The predicted molar refractivity (Wildman–Crippen MR) is 54.6 cm³/mol. The molecule has 14 heavy (non-hydrogen) atoms. The molecule has 0 aliphatic heterocycles. The summed E-state index contributed by atoms with van der Waals surface area (Å²) in [6.07, 6.45) is 7.26. The minimum atomic E-state index is 0.606. The van der Waals surface area contributed by atoms with Crippen LogP contribution < -0.4 is 0 Å². The number of aromatic nitrogens is 4. The second-order valence-electron chi connectivity index (χ2n) is 2.63. The van der Waals surface area contributed by atoms with E-state index >= 15 is 0 Å². The van der Waals surface area contributed by atoms with E-state index in [0.717, 1.165) is 11.9 Å². The smallest absolute Gasteiger partial charge is 0.182 e. The number of H-pyrrole nitrogens is 1. The van der Waals surface area contributed by atoms with Crippen LogP contribution in [0.25, 0.3) is 11.2 Å². The van der Waals surface area contributed by atoms with Crippen molar-refractivity contribution in [3.05, 3.63) is 25.3 Å². The van der Waals surface area contributed by atoms with Gasteiger partial charge in [-0.1, -0.05) is 6.08 Å². The van der Waals surface area contributed by atoms with Crippen molar-refractivity contribution in [2.24, 2.45) is 4.99 Å². The Morgan fingerprint density at radius 3 is 3.21 bits per heavy atom. The maximum absolute atomic E-state index is 4.18. The van der Waals surface area contributed by atoms with Gasteiger partial charge in [0.15, 0.2) is 11.5 Å². The molecule has 70 valence electrons. The standard InChI is InChI=1S/C9H9N5/c1-2-3-4-10-8-7-9(12-5-11-7)14-6-13-8/h2,4-6H,1,3H2,(H,11,12,13,14). The van der Waals surface area contributed by atoms with E-state index in [1.54, 1.807) is 18.6 Å². The first-order valence-corrected chi connectivity index (χ1v) is 4.19. The van der Waals surface area contributed by atoms with Gasteiger partial charge in [0.25, 0.3) is 0 Å². The molecule has 0 saturated heterocycles. The lowest BCUT2D eigenvalue weighted by Crippen LogP contribution is -1.82. The number of nitrogens with one attached hydrogen (secondary N) is 1. The van der Waals surface area contributed by atoms with E-state index in [-0.39, 0.29) is 0 Å². The summed E-state index contributed by atoms with van der Waals surface area (Å²) in [6.45, 7) is 3.60. The molecule has 0 atom stereocenters. The molecular formula is C9H9N5. The number of fused-ring (bicyclic) bond motifs is 1. The summed E-state index contributed by atoms with van der Waals surface area (Å²) in [5.74, 6) is 0.606. The Labute approximate surface area is 80.6 Å². The Bertz CT molecular complexity index is 471. The molecule has 2 rings (SSSR count). The van der Waals surface area contributed by atoms with Gasteiger partial charge in [-0.3, -0.25) is 0 Å². The lowest BCUT2D eigenvalue weighted by molar-refractivity contribution is 1.18. The Hall–Kier alpha value is -2.04. The third-order valence-corrected chi connectivity index (χ3v) is 1.69.